The average Bonchev–Trinajstić information content (AvgIpc) is 2.71. The fraction of sp³-hybridized carbons (Fsp3) is 0.182. The van der Waals surface area contributed by atoms with Crippen LogP contribution in [0.1, 0.15) is 18.9 Å². The van der Waals surface area contributed by atoms with E-state index in [0.717, 1.165) is 28.5 Å². The van der Waals surface area contributed by atoms with Gasteiger partial charge in [0.2, 0.25) is 0 Å². The molecule has 0 radical (unpaired) electrons. The lowest BCUT2D eigenvalue weighted by molar-refractivity contribution is -0.123. The molecular weight excluding hydrogens is 340 g/mol. The van der Waals surface area contributed by atoms with Gasteiger partial charge in [0.15, 0.2) is 6.61 Å². The van der Waals surface area contributed by atoms with Gasteiger partial charge in [-0.2, -0.15) is 5.10 Å². The number of nitrogens with zero attached hydrogens (tertiary/aromatic N) is 1. The lowest BCUT2D eigenvalue weighted by Crippen LogP contribution is -2.24. The number of benzene rings is 3. The molecule has 0 aromatic heterocycles. The van der Waals surface area contributed by atoms with Crippen LogP contribution in [0.4, 0.5) is 0 Å². The maximum atomic E-state index is 11.9. The minimum absolute atomic E-state index is 0.107. The zero-order valence-corrected chi connectivity index (χ0v) is 15.2. The van der Waals surface area contributed by atoms with Crippen molar-refractivity contribution in [3.63, 3.8) is 0 Å². The standard InChI is InChI=1S/C22H22N2O3/c1-2-13-26-21-10-6-5-9-19(21)15-23-24-22(25)16-27-20-12-11-17-7-3-4-8-18(17)14-20/h3-12,14-15H,2,13,16H2,1H3,(H,24,25)/b23-15-. The minimum atomic E-state index is -0.327. The van der Waals surface area contributed by atoms with Gasteiger partial charge in [-0.1, -0.05) is 49.4 Å². The van der Waals surface area contributed by atoms with Crippen molar-refractivity contribution in [2.24, 2.45) is 5.10 Å². The van der Waals surface area contributed by atoms with Gasteiger partial charge in [0, 0.05) is 5.56 Å². The average molecular weight is 362 g/mol. The van der Waals surface area contributed by atoms with Crippen LogP contribution in [-0.4, -0.2) is 25.3 Å². The number of rotatable bonds is 8. The fourth-order valence-electron chi connectivity index (χ4n) is 2.54. The van der Waals surface area contributed by atoms with Crippen LogP contribution in [0.3, 0.4) is 0 Å². The number of amides is 1. The molecule has 3 aromatic rings. The monoisotopic (exact) mass is 362 g/mol. The Bertz CT molecular complexity index is 937. The zero-order chi connectivity index (χ0) is 18.9. The number of fused-ring (bicyclic) bond motifs is 1. The third-order valence-electron chi connectivity index (χ3n) is 3.86. The highest BCUT2D eigenvalue weighted by molar-refractivity contribution is 5.86. The van der Waals surface area contributed by atoms with Crippen molar-refractivity contribution in [3.05, 3.63) is 72.3 Å². The SMILES string of the molecule is CCCOc1ccccc1/C=N\NC(=O)COc1ccc2ccccc2c1. The van der Waals surface area contributed by atoms with Gasteiger partial charge in [0.25, 0.3) is 5.91 Å². The Balaban J connectivity index is 1.52. The molecule has 0 aliphatic heterocycles. The van der Waals surface area contributed by atoms with Gasteiger partial charge in [-0.25, -0.2) is 5.43 Å². The molecule has 0 unspecified atom stereocenters. The number of ether oxygens (including phenoxy) is 2. The van der Waals surface area contributed by atoms with E-state index in [1.165, 1.54) is 0 Å². The van der Waals surface area contributed by atoms with Crippen LogP contribution in [0.2, 0.25) is 0 Å². The Labute approximate surface area is 158 Å². The summed E-state index contributed by atoms with van der Waals surface area (Å²) in [6, 6.07) is 21.3. The van der Waals surface area contributed by atoms with Crippen LogP contribution in [0.25, 0.3) is 10.8 Å². The molecule has 1 N–H and O–H groups in total. The second-order valence-corrected chi connectivity index (χ2v) is 5.98. The summed E-state index contributed by atoms with van der Waals surface area (Å²) in [4.78, 5) is 11.9. The molecule has 138 valence electrons. The molecule has 3 rings (SSSR count). The number of carbonyl (C=O) groups is 1. The first-order valence-electron chi connectivity index (χ1n) is 8.91. The molecule has 1 amide bonds. The van der Waals surface area contributed by atoms with E-state index in [0.29, 0.717) is 12.4 Å². The van der Waals surface area contributed by atoms with E-state index in [1.807, 2.05) is 73.7 Å². The Morgan fingerprint density at radius 1 is 1.00 bits per heavy atom. The number of nitrogens with one attached hydrogen (secondary N) is 1. The third-order valence-corrected chi connectivity index (χ3v) is 3.86. The third kappa shape index (κ3) is 5.31. The van der Waals surface area contributed by atoms with E-state index < -0.39 is 0 Å². The molecule has 0 bridgehead atoms. The highest BCUT2D eigenvalue weighted by atomic mass is 16.5. The highest BCUT2D eigenvalue weighted by Crippen LogP contribution is 2.20. The lowest BCUT2D eigenvalue weighted by Gasteiger charge is -2.08. The summed E-state index contributed by atoms with van der Waals surface area (Å²) in [6.45, 7) is 2.58. The molecule has 3 aromatic carbocycles. The van der Waals surface area contributed by atoms with E-state index in [2.05, 4.69) is 10.5 Å². The molecular formula is C22H22N2O3. The molecule has 0 heterocycles. The Morgan fingerprint density at radius 2 is 1.78 bits per heavy atom. The molecule has 5 heteroatoms. The van der Waals surface area contributed by atoms with E-state index >= 15 is 0 Å². The molecule has 0 aliphatic rings. The van der Waals surface area contributed by atoms with Crippen molar-refractivity contribution < 1.29 is 14.3 Å². The minimum Gasteiger partial charge on any atom is -0.493 e. The Hall–Kier alpha value is -3.34. The molecule has 0 spiro atoms. The van der Waals surface area contributed by atoms with Crippen LogP contribution < -0.4 is 14.9 Å². The summed E-state index contributed by atoms with van der Waals surface area (Å²) in [5, 5.41) is 6.18. The second-order valence-electron chi connectivity index (χ2n) is 5.98. The van der Waals surface area contributed by atoms with Crippen molar-refractivity contribution in [2.75, 3.05) is 13.2 Å². The van der Waals surface area contributed by atoms with Gasteiger partial charge in [-0.3, -0.25) is 4.79 Å². The van der Waals surface area contributed by atoms with Crippen molar-refractivity contribution >= 4 is 22.9 Å². The van der Waals surface area contributed by atoms with Crippen molar-refractivity contribution in [3.8, 4) is 11.5 Å². The molecule has 27 heavy (non-hydrogen) atoms. The Kier molecular flexibility index (Phi) is 6.41. The van der Waals surface area contributed by atoms with Crippen LogP contribution in [-0.2, 0) is 4.79 Å². The maximum absolute atomic E-state index is 11.9. The predicted molar refractivity (Wildman–Crippen MR) is 107 cm³/mol. The van der Waals surface area contributed by atoms with E-state index in [4.69, 9.17) is 9.47 Å². The van der Waals surface area contributed by atoms with E-state index in [1.54, 1.807) is 6.21 Å². The summed E-state index contributed by atoms with van der Waals surface area (Å²) in [5.41, 5.74) is 3.28. The Morgan fingerprint density at radius 3 is 2.63 bits per heavy atom. The lowest BCUT2D eigenvalue weighted by atomic mass is 10.1. The van der Waals surface area contributed by atoms with Gasteiger partial charge >= 0.3 is 0 Å². The normalized spacial score (nSPS) is 10.9. The molecule has 0 aliphatic carbocycles. The first kappa shape index (κ1) is 18.5. The molecule has 0 atom stereocenters. The van der Waals surface area contributed by atoms with Gasteiger partial charge in [-0.15, -0.1) is 0 Å². The maximum Gasteiger partial charge on any atom is 0.277 e. The summed E-state index contributed by atoms with van der Waals surface area (Å²) >= 11 is 0. The first-order chi connectivity index (χ1) is 13.3. The first-order valence-corrected chi connectivity index (χ1v) is 8.91. The summed E-state index contributed by atoms with van der Waals surface area (Å²) < 4.78 is 11.2. The molecule has 5 nitrogen and oxygen atoms in total. The fourth-order valence-corrected chi connectivity index (χ4v) is 2.54. The summed E-state index contributed by atoms with van der Waals surface area (Å²) in [5.74, 6) is 1.06. The van der Waals surface area contributed by atoms with Crippen molar-refractivity contribution in [1.29, 1.82) is 0 Å². The van der Waals surface area contributed by atoms with E-state index in [-0.39, 0.29) is 12.5 Å². The summed E-state index contributed by atoms with van der Waals surface area (Å²) in [6.07, 6.45) is 2.49. The molecule has 0 saturated carbocycles. The summed E-state index contributed by atoms with van der Waals surface area (Å²) in [7, 11) is 0. The van der Waals surface area contributed by atoms with Crippen LogP contribution in [0.5, 0.6) is 11.5 Å². The van der Waals surface area contributed by atoms with Crippen molar-refractivity contribution in [2.45, 2.75) is 13.3 Å². The van der Waals surface area contributed by atoms with Gasteiger partial charge < -0.3 is 9.47 Å². The number of hydrazone groups is 1. The molecule has 0 saturated heterocycles. The quantitative estimate of drug-likeness (QED) is 0.483. The number of hydrogen-bond acceptors (Lipinski definition) is 4. The largest absolute Gasteiger partial charge is 0.493 e. The van der Waals surface area contributed by atoms with Crippen LogP contribution in [0.15, 0.2) is 71.8 Å². The van der Waals surface area contributed by atoms with Gasteiger partial charge in [-0.05, 0) is 41.5 Å². The van der Waals surface area contributed by atoms with E-state index in [9.17, 15) is 4.79 Å². The number of para-hydroxylation sites is 1. The second kappa shape index (κ2) is 9.38. The smallest absolute Gasteiger partial charge is 0.277 e. The van der Waals surface area contributed by atoms with Crippen LogP contribution in [0, 0.1) is 0 Å². The van der Waals surface area contributed by atoms with Crippen molar-refractivity contribution in [1.82, 2.24) is 5.43 Å². The van der Waals surface area contributed by atoms with Gasteiger partial charge in [0.1, 0.15) is 11.5 Å². The number of hydrogen-bond donors (Lipinski definition) is 1. The van der Waals surface area contributed by atoms with Crippen LogP contribution >= 0.6 is 0 Å². The zero-order valence-electron chi connectivity index (χ0n) is 15.2. The predicted octanol–water partition coefficient (Wildman–Crippen LogP) is 4.16. The number of carbonyl (C=O) groups excluding carboxylic acids is 1. The topological polar surface area (TPSA) is 59.9 Å². The molecule has 0 fully saturated rings. The highest BCUT2D eigenvalue weighted by Gasteiger charge is 2.03. The van der Waals surface area contributed by atoms with Gasteiger partial charge in [0.05, 0.1) is 12.8 Å².